The number of carbonyl (C=O) groups excluding carboxylic acids is 1. The molecule has 0 aliphatic carbocycles. The zero-order valence-corrected chi connectivity index (χ0v) is 13.4. The monoisotopic (exact) mass is 322 g/mol. The molecule has 0 aliphatic heterocycles. The predicted molar refractivity (Wildman–Crippen MR) is 91.1 cm³/mol. The Labute approximate surface area is 140 Å². The van der Waals surface area contributed by atoms with E-state index in [2.05, 4.69) is 5.10 Å². The SMILES string of the molecule is CCOC(=O)COc1ccccc1-c1ccnn1-c1ccccc1. The van der Waals surface area contributed by atoms with Gasteiger partial charge in [0.2, 0.25) is 0 Å². The minimum atomic E-state index is -0.385. The van der Waals surface area contributed by atoms with E-state index in [0.29, 0.717) is 12.4 Å². The Morgan fingerprint density at radius 1 is 1.04 bits per heavy atom. The molecule has 0 aliphatic rings. The summed E-state index contributed by atoms with van der Waals surface area (Å²) >= 11 is 0. The van der Waals surface area contributed by atoms with E-state index in [1.54, 1.807) is 13.1 Å². The van der Waals surface area contributed by atoms with E-state index in [1.165, 1.54) is 0 Å². The fraction of sp³-hybridized carbons (Fsp3) is 0.158. The van der Waals surface area contributed by atoms with Crippen LogP contribution in [0.1, 0.15) is 6.92 Å². The van der Waals surface area contributed by atoms with Gasteiger partial charge in [-0.05, 0) is 37.3 Å². The number of ether oxygens (including phenoxy) is 2. The number of carbonyl (C=O) groups is 1. The summed E-state index contributed by atoms with van der Waals surface area (Å²) in [6, 6.07) is 19.3. The first kappa shape index (κ1) is 15.8. The Morgan fingerprint density at radius 2 is 1.79 bits per heavy atom. The van der Waals surface area contributed by atoms with Crippen LogP contribution in [0, 0.1) is 0 Å². The molecule has 5 nitrogen and oxygen atoms in total. The zero-order valence-electron chi connectivity index (χ0n) is 13.4. The van der Waals surface area contributed by atoms with Gasteiger partial charge in [-0.1, -0.05) is 30.3 Å². The third kappa shape index (κ3) is 3.46. The molecule has 0 fully saturated rings. The van der Waals surface area contributed by atoms with Crippen molar-refractivity contribution in [2.45, 2.75) is 6.92 Å². The molecule has 0 bridgehead atoms. The highest BCUT2D eigenvalue weighted by molar-refractivity contribution is 5.73. The Bertz CT molecular complexity index is 812. The molecule has 1 aromatic heterocycles. The Kier molecular flexibility index (Phi) is 4.91. The molecule has 0 unspecified atom stereocenters. The summed E-state index contributed by atoms with van der Waals surface area (Å²) in [5.74, 6) is 0.229. The molecule has 122 valence electrons. The Morgan fingerprint density at radius 3 is 2.58 bits per heavy atom. The first-order chi connectivity index (χ1) is 11.8. The molecule has 0 saturated carbocycles. The van der Waals surface area contributed by atoms with Crippen LogP contribution in [0.2, 0.25) is 0 Å². The van der Waals surface area contributed by atoms with Crippen molar-refractivity contribution in [1.29, 1.82) is 0 Å². The summed E-state index contributed by atoms with van der Waals surface area (Å²) in [6.45, 7) is 1.99. The maximum Gasteiger partial charge on any atom is 0.344 e. The van der Waals surface area contributed by atoms with Gasteiger partial charge in [0.15, 0.2) is 6.61 Å². The van der Waals surface area contributed by atoms with E-state index in [1.807, 2.05) is 65.3 Å². The number of aromatic nitrogens is 2. The first-order valence-electron chi connectivity index (χ1n) is 7.77. The van der Waals surface area contributed by atoms with Gasteiger partial charge in [0.05, 0.1) is 24.2 Å². The van der Waals surface area contributed by atoms with Crippen molar-refractivity contribution in [3.05, 3.63) is 66.9 Å². The Balaban J connectivity index is 1.91. The lowest BCUT2D eigenvalue weighted by Crippen LogP contribution is -2.15. The van der Waals surface area contributed by atoms with Crippen molar-refractivity contribution in [3.63, 3.8) is 0 Å². The van der Waals surface area contributed by atoms with E-state index in [4.69, 9.17) is 9.47 Å². The van der Waals surface area contributed by atoms with Crippen LogP contribution in [0.4, 0.5) is 0 Å². The van der Waals surface area contributed by atoms with Crippen molar-refractivity contribution in [3.8, 4) is 22.7 Å². The van der Waals surface area contributed by atoms with Crippen molar-refractivity contribution in [2.75, 3.05) is 13.2 Å². The molecule has 0 atom stereocenters. The van der Waals surface area contributed by atoms with Gasteiger partial charge in [0.25, 0.3) is 0 Å². The van der Waals surface area contributed by atoms with Crippen LogP contribution >= 0.6 is 0 Å². The predicted octanol–water partition coefficient (Wildman–Crippen LogP) is 3.48. The van der Waals surface area contributed by atoms with Crippen molar-refractivity contribution in [1.82, 2.24) is 9.78 Å². The fourth-order valence-electron chi connectivity index (χ4n) is 2.43. The number of para-hydroxylation sites is 2. The lowest BCUT2D eigenvalue weighted by Gasteiger charge is -2.13. The van der Waals surface area contributed by atoms with E-state index in [9.17, 15) is 4.79 Å². The van der Waals surface area contributed by atoms with Gasteiger partial charge in [-0.2, -0.15) is 5.10 Å². The molecule has 0 N–H and O–H groups in total. The number of hydrogen-bond donors (Lipinski definition) is 0. The second-order valence-corrected chi connectivity index (χ2v) is 5.05. The van der Waals surface area contributed by atoms with Gasteiger partial charge in [-0.25, -0.2) is 9.48 Å². The smallest absolute Gasteiger partial charge is 0.344 e. The molecular formula is C19H18N2O3. The van der Waals surface area contributed by atoms with E-state index in [0.717, 1.165) is 16.9 Å². The number of hydrogen-bond acceptors (Lipinski definition) is 4. The highest BCUT2D eigenvalue weighted by Crippen LogP contribution is 2.31. The first-order valence-corrected chi connectivity index (χ1v) is 7.77. The van der Waals surface area contributed by atoms with Gasteiger partial charge < -0.3 is 9.47 Å². The van der Waals surface area contributed by atoms with Crippen LogP contribution in [0.25, 0.3) is 16.9 Å². The van der Waals surface area contributed by atoms with Crippen molar-refractivity contribution in [2.24, 2.45) is 0 Å². The summed E-state index contributed by atoms with van der Waals surface area (Å²) in [5.41, 5.74) is 2.71. The second-order valence-electron chi connectivity index (χ2n) is 5.05. The highest BCUT2D eigenvalue weighted by Gasteiger charge is 2.13. The quantitative estimate of drug-likeness (QED) is 0.652. The minimum Gasteiger partial charge on any atom is -0.481 e. The van der Waals surface area contributed by atoms with E-state index < -0.39 is 0 Å². The average molecular weight is 322 g/mol. The van der Waals surface area contributed by atoms with Gasteiger partial charge in [0.1, 0.15) is 5.75 Å². The second kappa shape index (κ2) is 7.46. The standard InChI is InChI=1S/C19H18N2O3/c1-2-23-19(22)14-24-18-11-7-6-10-16(18)17-12-13-20-21(17)15-8-4-3-5-9-15/h3-13H,2,14H2,1H3. The zero-order chi connectivity index (χ0) is 16.8. The number of rotatable bonds is 6. The van der Waals surface area contributed by atoms with Crippen molar-refractivity contribution >= 4 is 5.97 Å². The molecule has 0 amide bonds. The topological polar surface area (TPSA) is 53.4 Å². The summed E-state index contributed by atoms with van der Waals surface area (Å²) in [4.78, 5) is 11.5. The third-order valence-electron chi connectivity index (χ3n) is 3.46. The summed E-state index contributed by atoms with van der Waals surface area (Å²) in [7, 11) is 0. The Hall–Kier alpha value is -3.08. The molecule has 5 heteroatoms. The maximum atomic E-state index is 11.5. The molecule has 24 heavy (non-hydrogen) atoms. The van der Waals surface area contributed by atoms with Crippen LogP contribution in [0.15, 0.2) is 66.9 Å². The largest absolute Gasteiger partial charge is 0.481 e. The molecule has 0 spiro atoms. The molecule has 0 radical (unpaired) electrons. The molecule has 3 rings (SSSR count). The van der Waals surface area contributed by atoms with Gasteiger partial charge in [-0.3, -0.25) is 0 Å². The van der Waals surface area contributed by atoms with Crippen molar-refractivity contribution < 1.29 is 14.3 Å². The number of benzene rings is 2. The molecule has 3 aromatic rings. The average Bonchev–Trinajstić information content (AvgIpc) is 3.11. The van der Waals surface area contributed by atoms with Crippen LogP contribution in [0.3, 0.4) is 0 Å². The molecular weight excluding hydrogens is 304 g/mol. The van der Waals surface area contributed by atoms with E-state index >= 15 is 0 Å². The van der Waals surface area contributed by atoms with Gasteiger partial charge >= 0.3 is 5.97 Å². The lowest BCUT2D eigenvalue weighted by atomic mass is 10.1. The normalized spacial score (nSPS) is 10.4. The molecule has 1 heterocycles. The summed E-state index contributed by atoms with van der Waals surface area (Å²) in [6.07, 6.45) is 1.74. The maximum absolute atomic E-state index is 11.5. The van der Waals surface area contributed by atoms with Crippen LogP contribution in [-0.4, -0.2) is 29.0 Å². The highest BCUT2D eigenvalue weighted by atomic mass is 16.6. The fourth-order valence-corrected chi connectivity index (χ4v) is 2.43. The number of nitrogens with zero attached hydrogens (tertiary/aromatic N) is 2. The summed E-state index contributed by atoms with van der Waals surface area (Å²) < 4.78 is 12.4. The van der Waals surface area contributed by atoms with Crippen LogP contribution in [0.5, 0.6) is 5.75 Å². The summed E-state index contributed by atoms with van der Waals surface area (Å²) in [5, 5.41) is 4.40. The van der Waals surface area contributed by atoms with Crippen LogP contribution in [-0.2, 0) is 9.53 Å². The van der Waals surface area contributed by atoms with Gasteiger partial charge in [0, 0.05) is 5.56 Å². The third-order valence-corrected chi connectivity index (χ3v) is 3.46. The minimum absolute atomic E-state index is 0.121. The molecule has 2 aromatic carbocycles. The number of esters is 1. The van der Waals surface area contributed by atoms with Crippen LogP contribution < -0.4 is 4.74 Å². The lowest BCUT2D eigenvalue weighted by molar-refractivity contribution is -0.145. The van der Waals surface area contributed by atoms with E-state index in [-0.39, 0.29) is 12.6 Å². The van der Waals surface area contributed by atoms with Gasteiger partial charge in [-0.15, -0.1) is 0 Å². The molecule has 0 saturated heterocycles.